The molecule has 0 spiro atoms. The first-order valence-electron chi connectivity index (χ1n) is 3.82. The van der Waals surface area contributed by atoms with Crippen LogP contribution in [0.4, 0.5) is 8.78 Å². The van der Waals surface area contributed by atoms with Crippen molar-refractivity contribution in [1.82, 2.24) is 5.32 Å². The third-order valence-corrected chi connectivity index (χ3v) is 2.58. The average Bonchev–Trinajstić information content (AvgIpc) is 2.26. The lowest BCUT2D eigenvalue weighted by atomic mass is 10.0. The molecule has 3 heteroatoms. The van der Waals surface area contributed by atoms with E-state index in [1.54, 1.807) is 0 Å². The highest BCUT2D eigenvalue weighted by Gasteiger charge is 2.47. The third kappa shape index (κ3) is 0.839. The van der Waals surface area contributed by atoms with E-state index in [0.717, 1.165) is 6.42 Å². The summed E-state index contributed by atoms with van der Waals surface area (Å²) in [6.45, 7) is 0. The molecule has 0 unspecified atom stereocenters. The molecule has 2 heterocycles. The molecule has 2 saturated heterocycles. The lowest BCUT2D eigenvalue weighted by Gasteiger charge is -2.29. The van der Waals surface area contributed by atoms with Crippen LogP contribution in [0.3, 0.4) is 0 Å². The van der Waals surface area contributed by atoms with Crippen molar-refractivity contribution in [1.29, 1.82) is 0 Å². The van der Waals surface area contributed by atoms with E-state index in [2.05, 4.69) is 5.32 Å². The van der Waals surface area contributed by atoms with E-state index in [1.807, 2.05) is 0 Å². The SMILES string of the molecule is FC1(F)CC[C@@H]2CC[C@H]1N2. The molecule has 2 fully saturated rings. The Morgan fingerprint density at radius 2 is 2.00 bits per heavy atom. The monoisotopic (exact) mass is 147 g/mol. The van der Waals surface area contributed by atoms with Crippen LogP contribution in [0.25, 0.3) is 0 Å². The topological polar surface area (TPSA) is 12.0 Å². The van der Waals surface area contributed by atoms with Crippen molar-refractivity contribution in [3.8, 4) is 0 Å². The molecule has 2 aliphatic rings. The largest absolute Gasteiger partial charge is 0.306 e. The van der Waals surface area contributed by atoms with Crippen LogP contribution in [-0.4, -0.2) is 18.0 Å². The third-order valence-electron chi connectivity index (χ3n) is 2.58. The molecule has 2 atom stereocenters. The zero-order chi connectivity index (χ0) is 7.19. The second kappa shape index (κ2) is 1.91. The van der Waals surface area contributed by atoms with Gasteiger partial charge in [-0.15, -0.1) is 0 Å². The van der Waals surface area contributed by atoms with Crippen LogP contribution < -0.4 is 5.32 Å². The summed E-state index contributed by atoms with van der Waals surface area (Å²) in [5.74, 6) is -2.42. The number of alkyl halides is 2. The second-order valence-corrected chi connectivity index (χ2v) is 3.29. The maximum Gasteiger partial charge on any atom is 0.263 e. The van der Waals surface area contributed by atoms with Crippen molar-refractivity contribution < 1.29 is 8.78 Å². The average molecular weight is 147 g/mol. The van der Waals surface area contributed by atoms with Gasteiger partial charge >= 0.3 is 0 Å². The van der Waals surface area contributed by atoms with Gasteiger partial charge in [0.25, 0.3) is 5.92 Å². The summed E-state index contributed by atoms with van der Waals surface area (Å²) >= 11 is 0. The summed E-state index contributed by atoms with van der Waals surface area (Å²) in [5.41, 5.74) is 0. The van der Waals surface area contributed by atoms with Crippen LogP contribution in [0.2, 0.25) is 0 Å². The van der Waals surface area contributed by atoms with E-state index in [4.69, 9.17) is 0 Å². The summed E-state index contributed by atoms with van der Waals surface area (Å²) in [5, 5.41) is 2.93. The summed E-state index contributed by atoms with van der Waals surface area (Å²) < 4.78 is 25.7. The van der Waals surface area contributed by atoms with Crippen LogP contribution in [0, 0.1) is 0 Å². The molecule has 0 amide bonds. The van der Waals surface area contributed by atoms with Crippen molar-refractivity contribution in [3.63, 3.8) is 0 Å². The van der Waals surface area contributed by atoms with Gasteiger partial charge in [0.15, 0.2) is 0 Å². The minimum absolute atomic E-state index is 0.0926. The highest BCUT2D eigenvalue weighted by molar-refractivity contribution is 4.97. The Balaban J connectivity index is 2.14. The lowest BCUT2D eigenvalue weighted by molar-refractivity contribution is -0.0549. The maximum absolute atomic E-state index is 12.8. The van der Waals surface area contributed by atoms with Gasteiger partial charge in [-0.1, -0.05) is 0 Å². The van der Waals surface area contributed by atoms with E-state index in [-0.39, 0.29) is 6.42 Å². The Hall–Kier alpha value is -0.180. The van der Waals surface area contributed by atoms with Crippen LogP contribution in [-0.2, 0) is 0 Å². The van der Waals surface area contributed by atoms with Crippen LogP contribution >= 0.6 is 0 Å². The molecule has 58 valence electrons. The Kier molecular flexibility index (Phi) is 1.24. The summed E-state index contributed by atoms with van der Waals surface area (Å²) in [6.07, 6.45) is 2.36. The van der Waals surface area contributed by atoms with Gasteiger partial charge in [0.1, 0.15) is 0 Å². The van der Waals surface area contributed by atoms with Crippen molar-refractivity contribution in [2.75, 3.05) is 0 Å². The van der Waals surface area contributed by atoms with Gasteiger partial charge in [0.2, 0.25) is 0 Å². The first-order valence-corrected chi connectivity index (χ1v) is 3.82. The summed E-state index contributed by atoms with van der Waals surface area (Å²) in [6, 6.07) is -0.115. The van der Waals surface area contributed by atoms with Crippen LogP contribution in [0.1, 0.15) is 25.7 Å². The zero-order valence-corrected chi connectivity index (χ0v) is 5.74. The number of halogens is 2. The van der Waals surface area contributed by atoms with Crippen molar-refractivity contribution in [2.24, 2.45) is 0 Å². The quantitative estimate of drug-likeness (QED) is 0.548. The predicted octanol–water partition coefficient (Wildman–Crippen LogP) is 1.54. The normalized spacial score (nSPS) is 43.8. The Morgan fingerprint density at radius 1 is 1.20 bits per heavy atom. The Labute approximate surface area is 58.8 Å². The van der Waals surface area contributed by atoms with E-state index >= 15 is 0 Å². The minimum atomic E-state index is -2.42. The molecule has 10 heavy (non-hydrogen) atoms. The maximum atomic E-state index is 12.8. The fraction of sp³-hybridized carbons (Fsp3) is 1.00. The first-order chi connectivity index (χ1) is 4.68. The van der Waals surface area contributed by atoms with Crippen LogP contribution in [0.5, 0.6) is 0 Å². The molecule has 0 radical (unpaired) electrons. The number of hydrogen-bond acceptors (Lipinski definition) is 1. The van der Waals surface area contributed by atoms with Gasteiger partial charge in [-0.2, -0.15) is 0 Å². The van der Waals surface area contributed by atoms with Crippen molar-refractivity contribution in [3.05, 3.63) is 0 Å². The van der Waals surface area contributed by atoms with E-state index in [0.29, 0.717) is 18.9 Å². The van der Waals surface area contributed by atoms with Gasteiger partial charge in [0.05, 0.1) is 6.04 Å². The molecular weight excluding hydrogens is 136 g/mol. The highest BCUT2D eigenvalue weighted by Crippen LogP contribution is 2.37. The molecule has 0 aromatic carbocycles. The highest BCUT2D eigenvalue weighted by atomic mass is 19.3. The Morgan fingerprint density at radius 3 is 2.70 bits per heavy atom. The molecule has 2 aliphatic heterocycles. The molecule has 2 rings (SSSR count). The zero-order valence-electron chi connectivity index (χ0n) is 5.74. The molecular formula is C7H11F2N. The predicted molar refractivity (Wildman–Crippen MR) is 34.1 cm³/mol. The minimum Gasteiger partial charge on any atom is -0.306 e. The molecule has 1 nitrogen and oxygen atoms in total. The number of rotatable bonds is 0. The lowest BCUT2D eigenvalue weighted by Crippen LogP contribution is -2.48. The van der Waals surface area contributed by atoms with E-state index in [1.165, 1.54) is 0 Å². The van der Waals surface area contributed by atoms with Crippen molar-refractivity contribution >= 4 is 0 Å². The summed E-state index contributed by atoms with van der Waals surface area (Å²) in [4.78, 5) is 0. The van der Waals surface area contributed by atoms with Gasteiger partial charge in [-0.25, -0.2) is 8.78 Å². The number of piperidine rings is 1. The fourth-order valence-electron chi connectivity index (χ4n) is 1.92. The van der Waals surface area contributed by atoms with Gasteiger partial charge < -0.3 is 5.32 Å². The molecule has 1 N–H and O–H groups in total. The smallest absolute Gasteiger partial charge is 0.263 e. The second-order valence-electron chi connectivity index (χ2n) is 3.29. The van der Waals surface area contributed by atoms with E-state index < -0.39 is 12.0 Å². The standard InChI is InChI=1S/C7H11F2N/c8-7(9)4-3-5-1-2-6(7)10-5/h5-6,10H,1-4H2/t5-,6+/m0/s1. The molecule has 2 bridgehead atoms. The Bertz CT molecular complexity index is 147. The molecule has 0 saturated carbocycles. The van der Waals surface area contributed by atoms with Crippen molar-refractivity contribution in [2.45, 2.75) is 43.7 Å². The number of nitrogens with one attached hydrogen (secondary N) is 1. The fourth-order valence-corrected chi connectivity index (χ4v) is 1.92. The van der Waals surface area contributed by atoms with Gasteiger partial charge in [0, 0.05) is 12.5 Å². The molecule has 0 aromatic rings. The molecule has 0 aliphatic carbocycles. The molecule has 0 aromatic heterocycles. The number of fused-ring (bicyclic) bond motifs is 2. The van der Waals surface area contributed by atoms with E-state index in [9.17, 15) is 8.78 Å². The summed E-state index contributed by atoms with van der Waals surface area (Å²) in [7, 11) is 0. The van der Waals surface area contributed by atoms with Crippen LogP contribution in [0.15, 0.2) is 0 Å². The van der Waals surface area contributed by atoms with Gasteiger partial charge in [-0.3, -0.25) is 0 Å². The first kappa shape index (κ1) is 6.53. The number of hydrogen-bond donors (Lipinski definition) is 1. The van der Waals surface area contributed by atoms with Gasteiger partial charge in [-0.05, 0) is 19.3 Å².